The molecular formula is C15H23N3O. The van der Waals surface area contributed by atoms with E-state index in [1.54, 1.807) is 6.07 Å². The van der Waals surface area contributed by atoms with Gasteiger partial charge in [-0.2, -0.15) is 0 Å². The van der Waals surface area contributed by atoms with Gasteiger partial charge in [-0.1, -0.05) is 13.0 Å². The maximum Gasteiger partial charge on any atom is 0.254 e. The Labute approximate surface area is 115 Å². The number of nitrogens with zero attached hydrogens (tertiary/aromatic N) is 2. The van der Waals surface area contributed by atoms with Gasteiger partial charge >= 0.3 is 0 Å². The first kappa shape index (κ1) is 13.9. The molecule has 0 aliphatic carbocycles. The van der Waals surface area contributed by atoms with E-state index in [0.29, 0.717) is 17.3 Å². The van der Waals surface area contributed by atoms with Gasteiger partial charge in [-0.15, -0.1) is 0 Å². The minimum Gasteiger partial charge on any atom is -0.398 e. The van der Waals surface area contributed by atoms with Gasteiger partial charge in [0.1, 0.15) is 0 Å². The third kappa shape index (κ3) is 2.89. The molecule has 1 atom stereocenters. The molecule has 4 nitrogen and oxygen atoms in total. The molecule has 1 unspecified atom stereocenters. The highest BCUT2D eigenvalue weighted by Gasteiger charge is 2.26. The molecular weight excluding hydrogens is 238 g/mol. The summed E-state index contributed by atoms with van der Waals surface area (Å²) in [5.74, 6) is 0.0919. The van der Waals surface area contributed by atoms with Crippen LogP contribution in [-0.4, -0.2) is 47.9 Å². The number of likely N-dealkylation sites (N-methyl/N-ethyl adjacent to an activating group) is 1. The lowest BCUT2D eigenvalue weighted by Crippen LogP contribution is -2.53. The summed E-state index contributed by atoms with van der Waals surface area (Å²) in [4.78, 5) is 16.8. The zero-order valence-corrected chi connectivity index (χ0v) is 12.0. The summed E-state index contributed by atoms with van der Waals surface area (Å²) >= 11 is 0. The largest absolute Gasteiger partial charge is 0.398 e. The van der Waals surface area contributed by atoms with Crippen LogP contribution in [-0.2, 0) is 0 Å². The lowest BCUT2D eigenvalue weighted by molar-refractivity contribution is 0.0528. The van der Waals surface area contributed by atoms with Crippen molar-refractivity contribution in [2.45, 2.75) is 26.8 Å². The highest BCUT2D eigenvalue weighted by Crippen LogP contribution is 2.17. The summed E-state index contributed by atoms with van der Waals surface area (Å²) in [6.45, 7) is 9.86. The Morgan fingerprint density at radius 2 is 2.16 bits per heavy atom. The van der Waals surface area contributed by atoms with E-state index in [0.717, 1.165) is 31.7 Å². The standard InChI is InChI=1S/C15H23N3O/c1-4-17-7-8-18(10-12(17)3)15(19)13-6-5-11(2)14(16)9-13/h5-6,9,12H,4,7-8,10,16H2,1-3H3. The van der Waals surface area contributed by atoms with Crippen molar-refractivity contribution in [2.75, 3.05) is 31.9 Å². The van der Waals surface area contributed by atoms with Gasteiger partial charge in [-0.05, 0) is 38.1 Å². The SMILES string of the molecule is CCN1CCN(C(=O)c2ccc(C)c(N)c2)CC1C. The maximum absolute atomic E-state index is 12.5. The second kappa shape index (κ2) is 5.61. The fourth-order valence-corrected chi connectivity index (χ4v) is 2.61. The number of aryl methyl sites for hydroxylation is 1. The lowest BCUT2D eigenvalue weighted by Gasteiger charge is -2.39. The van der Waals surface area contributed by atoms with Gasteiger partial charge in [0, 0.05) is 36.9 Å². The van der Waals surface area contributed by atoms with Crippen LogP contribution in [0.4, 0.5) is 5.69 Å². The summed E-state index contributed by atoms with van der Waals surface area (Å²) in [6, 6.07) is 5.98. The summed E-state index contributed by atoms with van der Waals surface area (Å²) in [5, 5.41) is 0. The first-order valence-electron chi connectivity index (χ1n) is 6.92. The van der Waals surface area contributed by atoms with E-state index in [-0.39, 0.29) is 5.91 Å². The van der Waals surface area contributed by atoms with Crippen LogP contribution in [0.1, 0.15) is 29.8 Å². The monoisotopic (exact) mass is 261 g/mol. The lowest BCUT2D eigenvalue weighted by atomic mass is 10.1. The third-order valence-electron chi connectivity index (χ3n) is 3.98. The quantitative estimate of drug-likeness (QED) is 0.825. The number of amides is 1. The summed E-state index contributed by atoms with van der Waals surface area (Å²) in [6.07, 6.45) is 0. The molecule has 0 radical (unpaired) electrons. The molecule has 19 heavy (non-hydrogen) atoms. The number of carbonyl (C=O) groups is 1. The van der Waals surface area contributed by atoms with E-state index in [1.165, 1.54) is 0 Å². The first-order chi connectivity index (χ1) is 9.02. The number of nitrogens with two attached hydrogens (primary N) is 1. The Hall–Kier alpha value is -1.55. The predicted octanol–water partition coefficient (Wildman–Crippen LogP) is 1.74. The number of rotatable bonds is 2. The fraction of sp³-hybridized carbons (Fsp3) is 0.533. The third-order valence-corrected chi connectivity index (χ3v) is 3.98. The van der Waals surface area contributed by atoms with E-state index in [4.69, 9.17) is 5.73 Å². The van der Waals surface area contributed by atoms with Crippen molar-refractivity contribution in [3.63, 3.8) is 0 Å². The Bertz CT molecular complexity index is 472. The molecule has 1 aromatic rings. The number of hydrogen-bond acceptors (Lipinski definition) is 3. The molecule has 2 rings (SSSR count). The maximum atomic E-state index is 12.5. The van der Waals surface area contributed by atoms with Crippen molar-refractivity contribution in [3.05, 3.63) is 29.3 Å². The molecule has 0 saturated carbocycles. The molecule has 0 aromatic heterocycles. The van der Waals surface area contributed by atoms with Crippen LogP contribution < -0.4 is 5.73 Å². The van der Waals surface area contributed by atoms with E-state index >= 15 is 0 Å². The molecule has 1 aromatic carbocycles. The van der Waals surface area contributed by atoms with Gasteiger partial charge in [0.25, 0.3) is 5.91 Å². The molecule has 0 spiro atoms. The Morgan fingerprint density at radius 3 is 2.74 bits per heavy atom. The summed E-state index contributed by atoms with van der Waals surface area (Å²) in [5.41, 5.74) is 8.28. The number of benzene rings is 1. The van der Waals surface area contributed by atoms with Crippen molar-refractivity contribution >= 4 is 11.6 Å². The van der Waals surface area contributed by atoms with Crippen LogP contribution in [0, 0.1) is 6.92 Å². The van der Waals surface area contributed by atoms with Gasteiger partial charge < -0.3 is 10.6 Å². The molecule has 2 N–H and O–H groups in total. The van der Waals surface area contributed by atoms with Crippen molar-refractivity contribution in [1.82, 2.24) is 9.80 Å². The van der Waals surface area contributed by atoms with Crippen molar-refractivity contribution in [1.29, 1.82) is 0 Å². The summed E-state index contributed by atoms with van der Waals surface area (Å²) in [7, 11) is 0. The molecule has 4 heteroatoms. The minimum atomic E-state index is 0.0919. The molecule has 1 fully saturated rings. The molecule has 104 valence electrons. The highest BCUT2D eigenvalue weighted by atomic mass is 16.2. The van der Waals surface area contributed by atoms with E-state index in [1.807, 2.05) is 24.0 Å². The number of piperazine rings is 1. The Balaban J connectivity index is 2.10. The molecule has 1 heterocycles. The number of carbonyl (C=O) groups excluding carboxylic acids is 1. The van der Waals surface area contributed by atoms with Crippen molar-refractivity contribution < 1.29 is 4.79 Å². The average molecular weight is 261 g/mol. The number of anilines is 1. The minimum absolute atomic E-state index is 0.0919. The van der Waals surface area contributed by atoms with E-state index in [9.17, 15) is 4.79 Å². The second-order valence-corrected chi connectivity index (χ2v) is 5.30. The van der Waals surface area contributed by atoms with Crippen LogP contribution in [0.15, 0.2) is 18.2 Å². The molecule has 0 bridgehead atoms. The normalized spacial score (nSPS) is 20.6. The zero-order valence-electron chi connectivity index (χ0n) is 12.0. The smallest absolute Gasteiger partial charge is 0.254 e. The molecule has 1 saturated heterocycles. The fourth-order valence-electron chi connectivity index (χ4n) is 2.61. The van der Waals surface area contributed by atoms with Gasteiger partial charge in [-0.25, -0.2) is 0 Å². The predicted molar refractivity (Wildman–Crippen MR) is 78.2 cm³/mol. The number of nitrogen functional groups attached to an aromatic ring is 1. The Morgan fingerprint density at radius 1 is 1.42 bits per heavy atom. The van der Waals surface area contributed by atoms with E-state index < -0.39 is 0 Å². The van der Waals surface area contributed by atoms with Crippen LogP contribution in [0.2, 0.25) is 0 Å². The Kier molecular flexibility index (Phi) is 4.10. The average Bonchev–Trinajstić information content (AvgIpc) is 2.41. The van der Waals surface area contributed by atoms with Crippen molar-refractivity contribution in [3.8, 4) is 0 Å². The second-order valence-electron chi connectivity index (χ2n) is 5.30. The van der Waals surface area contributed by atoms with Gasteiger partial charge in [0.05, 0.1) is 0 Å². The number of hydrogen-bond donors (Lipinski definition) is 1. The molecule has 1 amide bonds. The first-order valence-corrected chi connectivity index (χ1v) is 6.92. The summed E-state index contributed by atoms with van der Waals surface area (Å²) < 4.78 is 0. The van der Waals surface area contributed by atoms with Crippen molar-refractivity contribution in [2.24, 2.45) is 0 Å². The topological polar surface area (TPSA) is 49.6 Å². The molecule has 1 aliphatic rings. The van der Waals surface area contributed by atoms with Crippen LogP contribution in [0.3, 0.4) is 0 Å². The van der Waals surface area contributed by atoms with Crippen LogP contribution in [0.25, 0.3) is 0 Å². The van der Waals surface area contributed by atoms with Gasteiger partial charge in [0.2, 0.25) is 0 Å². The van der Waals surface area contributed by atoms with Gasteiger partial charge in [0.15, 0.2) is 0 Å². The van der Waals surface area contributed by atoms with E-state index in [2.05, 4.69) is 18.7 Å². The van der Waals surface area contributed by atoms with Gasteiger partial charge in [-0.3, -0.25) is 9.69 Å². The molecule has 1 aliphatic heterocycles. The van der Waals surface area contributed by atoms with Crippen LogP contribution >= 0.6 is 0 Å². The van der Waals surface area contributed by atoms with Crippen LogP contribution in [0.5, 0.6) is 0 Å². The highest BCUT2D eigenvalue weighted by molar-refractivity contribution is 5.95. The zero-order chi connectivity index (χ0) is 14.0.